The van der Waals surface area contributed by atoms with Crippen molar-refractivity contribution in [1.82, 2.24) is 4.90 Å². The first-order valence-electron chi connectivity index (χ1n) is 5.84. The Hall–Kier alpha value is -1.26. The third kappa shape index (κ3) is 2.37. The van der Waals surface area contributed by atoms with Crippen molar-refractivity contribution in [3.8, 4) is 0 Å². The summed E-state index contributed by atoms with van der Waals surface area (Å²) in [6.45, 7) is 5.56. The lowest BCUT2D eigenvalue weighted by molar-refractivity contribution is 0.105. The van der Waals surface area contributed by atoms with Gasteiger partial charge in [-0.05, 0) is 18.9 Å². The molecule has 2 atom stereocenters. The molecule has 2 unspecified atom stereocenters. The standard InChI is InChI=1S/C12H17F2N3/c1-7(2)9-4-5-10-12(16-9)17(6-11(13)14)8(3)15-10/h4-5,7,10-12H,6H2,1-3H3. The highest BCUT2D eigenvalue weighted by molar-refractivity contribution is 5.98. The van der Waals surface area contributed by atoms with E-state index in [1.807, 2.05) is 26.0 Å². The van der Waals surface area contributed by atoms with Gasteiger partial charge in [0.05, 0.1) is 12.4 Å². The number of halogens is 2. The Kier molecular flexibility index (Phi) is 3.26. The maximum Gasteiger partial charge on any atom is 0.255 e. The highest BCUT2D eigenvalue weighted by Gasteiger charge is 2.35. The van der Waals surface area contributed by atoms with Crippen LogP contribution in [0.2, 0.25) is 0 Å². The maximum absolute atomic E-state index is 12.5. The fourth-order valence-corrected chi connectivity index (χ4v) is 2.14. The number of nitrogens with zero attached hydrogens (tertiary/aromatic N) is 3. The SMILES string of the molecule is CC1=NC2C=CC(C(C)C)=NC2N1CC(F)F. The monoisotopic (exact) mass is 241 g/mol. The molecule has 2 aliphatic rings. The second kappa shape index (κ2) is 4.55. The molecular weight excluding hydrogens is 224 g/mol. The predicted octanol–water partition coefficient (Wildman–Crippen LogP) is 2.35. The Labute approximate surface area is 99.9 Å². The van der Waals surface area contributed by atoms with Crippen LogP contribution in [0.5, 0.6) is 0 Å². The van der Waals surface area contributed by atoms with Crippen molar-refractivity contribution in [2.45, 2.75) is 39.4 Å². The summed E-state index contributed by atoms with van der Waals surface area (Å²) in [6.07, 6.45) is 1.28. The van der Waals surface area contributed by atoms with Gasteiger partial charge in [-0.25, -0.2) is 8.78 Å². The summed E-state index contributed by atoms with van der Waals surface area (Å²) in [5, 5.41) is 0. The average Bonchev–Trinajstić information content (AvgIpc) is 2.54. The summed E-state index contributed by atoms with van der Waals surface area (Å²) >= 11 is 0. The molecule has 0 N–H and O–H groups in total. The second-order valence-corrected chi connectivity index (χ2v) is 4.69. The molecule has 2 rings (SSSR count). The Bertz CT molecular complexity index is 385. The number of dihydropyridines is 1. The van der Waals surface area contributed by atoms with E-state index < -0.39 is 6.43 Å². The van der Waals surface area contributed by atoms with Gasteiger partial charge in [0.25, 0.3) is 6.43 Å². The van der Waals surface area contributed by atoms with E-state index in [4.69, 9.17) is 0 Å². The Morgan fingerprint density at radius 3 is 2.65 bits per heavy atom. The number of amidine groups is 1. The van der Waals surface area contributed by atoms with Crippen molar-refractivity contribution >= 4 is 11.5 Å². The van der Waals surface area contributed by atoms with Crippen LogP contribution in [-0.2, 0) is 0 Å². The van der Waals surface area contributed by atoms with Gasteiger partial charge in [-0.2, -0.15) is 0 Å². The molecule has 3 nitrogen and oxygen atoms in total. The number of rotatable bonds is 3. The smallest absolute Gasteiger partial charge is 0.255 e. The predicted molar refractivity (Wildman–Crippen MR) is 64.8 cm³/mol. The first-order valence-corrected chi connectivity index (χ1v) is 5.84. The van der Waals surface area contributed by atoms with E-state index in [-0.39, 0.29) is 18.8 Å². The molecule has 0 amide bonds. The molecule has 0 saturated heterocycles. The topological polar surface area (TPSA) is 28.0 Å². The fourth-order valence-electron chi connectivity index (χ4n) is 2.14. The first kappa shape index (κ1) is 12.2. The molecule has 0 bridgehead atoms. The van der Waals surface area contributed by atoms with Crippen LogP contribution in [0.3, 0.4) is 0 Å². The second-order valence-electron chi connectivity index (χ2n) is 4.69. The molecule has 0 spiro atoms. The lowest BCUT2D eigenvalue weighted by Crippen LogP contribution is -2.42. The van der Waals surface area contributed by atoms with Crippen LogP contribution in [0.25, 0.3) is 0 Å². The molecule has 0 fully saturated rings. The number of fused-ring (bicyclic) bond motifs is 1. The minimum atomic E-state index is -2.36. The lowest BCUT2D eigenvalue weighted by Gasteiger charge is -2.28. The zero-order valence-electron chi connectivity index (χ0n) is 10.3. The molecular formula is C12H17F2N3. The van der Waals surface area contributed by atoms with Crippen LogP contribution in [0.1, 0.15) is 20.8 Å². The molecule has 17 heavy (non-hydrogen) atoms. The van der Waals surface area contributed by atoms with Crippen molar-refractivity contribution in [2.75, 3.05) is 6.54 Å². The zero-order chi connectivity index (χ0) is 12.6. The summed E-state index contributed by atoms with van der Waals surface area (Å²) in [5.41, 5.74) is 0.954. The van der Waals surface area contributed by atoms with Gasteiger partial charge in [-0.15, -0.1) is 0 Å². The maximum atomic E-state index is 12.5. The number of alkyl halides is 2. The van der Waals surface area contributed by atoms with Crippen LogP contribution in [0.4, 0.5) is 8.78 Å². The van der Waals surface area contributed by atoms with E-state index in [2.05, 4.69) is 9.98 Å². The fraction of sp³-hybridized carbons (Fsp3) is 0.667. The number of aliphatic imine (C=N–C) groups is 2. The van der Waals surface area contributed by atoms with Crippen molar-refractivity contribution in [3.05, 3.63) is 12.2 Å². The van der Waals surface area contributed by atoms with Gasteiger partial charge in [0.15, 0.2) is 0 Å². The van der Waals surface area contributed by atoms with Gasteiger partial charge in [-0.3, -0.25) is 9.98 Å². The minimum absolute atomic E-state index is 0.101. The van der Waals surface area contributed by atoms with Crippen LogP contribution in [-0.4, -0.2) is 41.6 Å². The van der Waals surface area contributed by atoms with Crippen LogP contribution in [0.15, 0.2) is 22.1 Å². The molecule has 0 aromatic heterocycles. The highest BCUT2D eigenvalue weighted by Crippen LogP contribution is 2.25. The van der Waals surface area contributed by atoms with E-state index in [1.54, 1.807) is 11.8 Å². The van der Waals surface area contributed by atoms with Crippen LogP contribution >= 0.6 is 0 Å². The molecule has 0 radical (unpaired) electrons. The first-order chi connectivity index (χ1) is 7.99. The van der Waals surface area contributed by atoms with E-state index in [1.165, 1.54) is 0 Å². The van der Waals surface area contributed by atoms with Gasteiger partial charge in [0, 0.05) is 5.71 Å². The highest BCUT2D eigenvalue weighted by atomic mass is 19.3. The number of hydrogen-bond acceptors (Lipinski definition) is 3. The number of allylic oxidation sites excluding steroid dienone is 1. The molecule has 94 valence electrons. The van der Waals surface area contributed by atoms with Crippen molar-refractivity contribution in [2.24, 2.45) is 15.9 Å². The van der Waals surface area contributed by atoms with Crippen molar-refractivity contribution < 1.29 is 8.78 Å². The molecule has 0 saturated carbocycles. The third-order valence-corrected chi connectivity index (χ3v) is 3.05. The van der Waals surface area contributed by atoms with Gasteiger partial charge in [0.1, 0.15) is 12.2 Å². The van der Waals surface area contributed by atoms with E-state index >= 15 is 0 Å². The van der Waals surface area contributed by atoms with E-state index in [9.17, 15) is 8.78 Å². The summed E-state index contributed by atoms with van der Waals surface area (Å²) in [4.78, 5) is 10.5. The third-order valence-electron chi connectivity index (χ3n) is 3.05. The number of hydrogen-bond donors (Lipinski definition) is 0. The van der Waals surface area contributed by atoms with Gasteiger partial charge in [-0.1, -0.05) is 19.9 Å². The lowest BCUT2D eigenvalue weighted by atomic mass is 10.0. The molecule has 0 aliphatic carbocycles. The van der Waals surface area contributed by atoms with Gasteiger partial charge < -0.3 is 4.90 Å². The Balaban J connectivity index is 2.20. The summed E-state index contributed by atoms with van der Waals surface area (Å²) in [7, 11) is 0. The van der Waals surface area contributed by atoms with Gasteiger partial charge in [0.2, 0.25) is 0 Å². The minimum Gasteiger partial charge on any atom is -0.331 e. The zero-order valence-corrected chi connectivity index (χ0v) is 10.3. The van der Waals surface area contributed by atoms with Crippen molar-refractivity contribution in [1.29, 1.82) is 0 Å². The Morgan fingerprint density at radius 2 is 2.06 bits per heavy atom. The molecule has 5 heteroatoms. The quantitative estimate of drug-likeness (QED) is 0.745. The largest absolute Gasteiger partial charge is 0.331 e. The molecule has 0 aromatic carbocycles. The normalized spacial score (nSPS) is 27.6. The van der Waals surface area contributed by atoms with Crippen LogP contribution < -0.4 is 0 Å². The van der Waals surface area contributed by atoms with Crippen molar-refractivity contribution in [3.63, 3.8) is 0 Å². The van der Waals surface area contributed by atoms with E-state index in [0.717, 1.165) is 5.71 Å². The summed E-state index contributed by atoms with van der Waals surface area (Å²) < 4.78 is 25.0. The van der Waals surface area contributed by atoms with Gasteiger partial charge >= 0.3 is 0 Å². The molecule has 0 aromatic rings. The summed E-state index contributed by atoms with van der Waals surface area (Å²) in [6, 6.07) is -0.101. The van der Waals surface area contributed by atoms with E-state index in [0.29, 0.717) is 11.8 Å². The molecule has 2 aliphatic heterocycles. The molecule has 2 heterocycles. The van der Waals surface area contributed by atoms with Crippen LogP contribution in [0, 0.1) is 5.92 Å². The summed E-state index contributed by atoms with van der Waals surface area (Å²) in [5.74, 6) is 0.959. The average molecular weight is 241 g/mol. The Morgan fingerprint density at radius 1 is 1.35 bits per heavy atom.